The molecule has 1 aromatic carbocycles. The van der Waals surface area contributed by atoms with E-state index in [4.69, 9.17) is 22.3 Å². The summed E-state index contributed by atoms with van der Waals surface area (Å²) < 4.78 is 22.5. The van der Waals surface area contributed by atoms with E-state index in [0.717, 1.165) is 6.07 Å². The summed E-state index contributed by atoms with van der Waals surface area (Å²) in [7, 11) is 2.69. The van der Waals surface area contributed by atoms with Gasteiger partial charge < -0.3 is 5.32 Å². The molecule has 0 spiro atoms. The van der Waals surface area contributed by atoms with Crippen LogP contribution < -0.4 is 5.32 Å². The third-order valence-corrected chi connectivity index (χ3v) is 4.35. The van der Waals surface area contributed by atoms with Crippen molar-refractivity contribution in [1.29, 1.82) is 0 Å². The van der Waals surface area contributed by atoms with Crippen LogP contribution in [0.15, 0.2) is 21.5 Å². The molecule has 8 heteroatoms. The van der Waals surface area contributed by atoms with E-state index in [9.17, 15) is 13.2 Å². The molecule has 0 saturated carbocycles. The summed E-state index contributed by atoms with van der Waals surface area (Å²) in [6, 6.07) is 2.35. The zero-order valence-electron chi connectivity index (χ0n) is 7.92. The molecule has 1 aromatic rings. The minimum Gasteiger partial charge on any atom is -0.355 e. The van der Waals surface area contributed by atoms with Crippen LogP contribution in [-0.4, -0.2) is 21.4 Å². The zero-order chi connectivity index (χ0) is 12.5. The van der Waals surface area contributed by atoms with Crippen LogP contribution >= 0.6 is 38.2 Å². The van der Waals surface area contributed by atoms with E-state index in [2.05, 4.69) is 21.2 Å². The van der Waals surface area contributed by atoms with Crippen LogP contribution in [0, 0.1) is 0 Å². The molecular formula is C8H6BrCl2NO3S. The number of hydrogen-bond acceptors (Lipinski definition) is 3. The van der Waals surface area contributed by atoms with E-state index < -0.39 is 15.0 Å². The van der Waals surface area contributed by atoms with Gasteiger partial charge in [0.1, 0.15) is 0 Å². The van der Waals surface area contributed by atoms with Gasteiger partial charge in [0, 0.05) is 22.2 Å². The van der Waals surface area contributed by atoms with Gasteiger partial charge in [0.25, 0.3) is 15.0 Å². The molecule has 0 saturated heterocycles. The largest absolute Gasteiger partial charge is 0.355 e. The smallest absolute Gasteiger partial charge is 0.261 e. The van der Waals surface area contributed by atoms with E-state index in [0.29, 0.717) is 0 Å². The molecule has 0 aromatic heterocycles. The molecule has 0 radical (unpaired) electrons. The predicted octanol–water partition coefficient (Wildman–Crippen LogP) is 2.39. The topological polar surface area (TPSA) is 63.2 Å². The molecule has 4 nitrogen and oxygen atoms in total. The maximum absolute atomic E-state index is 11.4. The highest BCUT2D eigenvalue weighted by molar-refractivity contribution is 9.10. The Morgan fingerprint density at radius 2 is 2.00 bits per heavy atom. The number of hydrogen-bond donors (Lipinski definition) is 1. The monoisotopic (exact) mass is 345 g/mol. The van der Waals surface area contributed by atoms with Gasteiger partial charge >= 0.3 is 0 Å². The Bertz CT molecular complexity index is 544. The Morgan fingerprint density at radius 3 is 2.44 bits per heavy atom. The standard InChI is InChI=1S/C8H6BrCl2NO3S/c1-12-8(13)5-2-4(16(11,14)15)3-6(9)7(5)10/h2-3H,1H3,(H,12,13). The van der Waals surface area contributed by atoms with Crippen LogP contribution in [0.5, 0.6) is 0 Å². The summed E-state index contributed by atoms with van der Waals surface area (Å²) in [4.78, 5) is 11.2. The quantitative estimate of drug-likeness (QED) is 0.836. The molecule has 1 rings (SSSR count). The van der Waals surface area contributed by atoms with E-state index in [1.807, 2.05) is 0 Å². The van der Waals surface area contributed by atoms with Gasteiger partial charge in [-0.3, -0.25) is 4.79 Å². The van der Waals surface area contributed by atoms with Gasteiger partial charge in [0.2, 0.25) is 0 Å². The van der Waals surface area contributed by atoms with E-state index in [1.165, 1.54) is 13.1 Å². The Balaban J connectivity index is 3.51. The second kappa shape index (κ2) is 4.91. The molecule has 88 valence electrons. The van der Waals surface area contributed by atoms with Gasteiger partial charge in [-0.05, 0) is 28.1 Å². The van der Waals surface area contributed by atoms with Crippen LogP contribution in [0.25, 0.3) is 0 Å². The molecule has 0 aliphatic rings. The maximum atomic E-state index is 11.4. The lowest BCUT2D eigenvalue weighted by molar-refractivity contribution is 0.0963. The Hall–Kier alpha value is -0.300. The summed E-state index contributed by atoms with van der Waals surface area (Å²) in [5.41, 5.74) is 0.0396. The fourth-order valence-electron chi connectivity index (χ4n) is 1.00. The molecule has 0 aliphatic heterocycles. The van der Waals surface area contributed by atoms with Gasteiger partial charge in [-0.2, -0.15) is 0 Å². The van der Waals surface area contributed by atoms with Crippen molar-refractivity contribution >= 4 is 53.2 Å². The van der Waals surface area contributed by atoms with Crippen LogP contribution in [0.1, 0.15) is 10.4 Å². The SMILES string of the molecule is CNC(=O)c1cc(S(=O)(=O)Cl)cc(Br)c1Cl. The Kier molecular flexibility index (Phi) is 4.23. The minimum absolute atomic E-state index is 0.0396. The highest BCUT2D eigenvalue weighted by Crippen LogP contribution is 2.30. The van der Waals surface area contributed by atoms with Crippen molar-refractivity contribution in [3.8, 4) is 0 Å². The average molecular weight is 347 g/mol. The minimum atomic E-state index is -3.90. The van der Waals surface area contributed by atoms with E-state index in [1.54, 1.807) is 0 Å². The third kappa shape index (κ3) is 2.88. The molecule has 0 atom stereocenters. The summed E-state index contributed by atoms with van der Waals surface area (Å²) >= 11 is 8.90. The summed E-state index contributed by atoms with van der Waals surface area (Å²) in [6.45, 7) is 0. The number of nitrogens with one attached hydrogen (secondary N) is 1. The van der Waals surface area contributed by atoms with Gasteiger partial charge in [-0.1, -0.05) is 11.6 Å². The second-order valence-electron chi connectivity index (χ2n) is 2.78. The van der Waals surface area contributed by atoms with Crippen molar-refractivity contribution in [2.45, 2.75) is 4.90 Å². The fraction of sp³-hybridized carbons (Fsp3) is 0.125. The Labute approximate surface area is 110 Å². The van der Waals surface area contributed by atoms with Crippen molar-refractivity contribution in [3.05, 3.63) is 27.2 Å². The van der Waals surface area contributed by atoms with Crippen molar-refractivity contribution in [1.82, 2.24) is 5.32 Å². The molecular weight excluding hydrogens is 341 g/mol. The molecule has 16 heavy (non-hydrogen) atoms. The second-order valence-corrected chi connectivity index (χ2v) is 6.58. The number of halogens is 3. The summed E-state index contributed by atoms with van der Waals surface area (Å²) in [5, 5.41) is 2.47. The van der Waals surface area contributed by atoms with Crippen molar-refractivity contribution in [2.24, 2.45) is 0 Å². The first-order chi connectivity index (χ1) is 7.27. The molecule has 1 amide bonds. The van der Waals surface area contributed by atoms with E-state index >= 15 is 0 Å². The lowest BCUT2D eigenvalue weighted by Crippen LogP contribution is -2.18. The number of amides is 1. The van der Waals surface area contributed by atoms with Crippen LogP contribution in [-0.2, 0) is 9.05 Å². The highest BCUT2D eigenvalue weighted by Gasteiger charge is 2.18. The molecule has 1 N–H and O–H groups in total. The molecule has 0 bridgehead atoms. The summed E-state index contributed by atoms with van der Waals surface area (Å²) in [5.74, 6) is -0.493. The van der Waals surface area contributed by atoms with Gasteiger partial charge in [-0.25, -0.2) is 8.42 Å². The number of benzene rings is 1. The normalized spacial score (nSPS) is 11.2. The number of carbonyl (C=O) groups is 1. The average Bonchev–Trinajstić information content (AvgIpc) is 2.19. The van der Waals surface area contributed by atoms with Crippen LogP contribution in [0.3, 0.4) is 0 Å². The van der Waals surface area contributed by atoms with E-state index in [-0.39, 0.29) is 20.0 Å². The first kappa shape index (κ1) is 13.8. The first-order valence-corrected chi connectivity index (χ1v) is 7.41. The molecule has 0 unspecified atom stereocenters. The highest BCUT2D eigenvalue weighted by atomic mass is 79.9. The Morgan fingerprint density at radius 1 is 1.44 bits per heavy atom. The van der Waals surface area contributed by atoms with Crippen LogP contribution in [0.2, 0.25) is 5.02 Å². The van der Waals surface area contributed by atoms with Crippen LogP contribution in [0.4, 0.5) is 0 Å². The number of rotatable bonds is 2. The predicted molar refractivity (Wildman–Crippen MR) is 65.6 cm³/mol. The van der Waals surface area contributed by atoms with Gasteiger partial charge in [0.15, 0.2) is 0 Å². The van der Waals surface area contributed by atoms with Gasteiger partial charge in [0.05, 0.1) is 15.5 Å². The molecule has 0 fully saturated rings. The summed E-state index contributed by atoms with van der Waals surface area (Å²) in [6.07, 6.45) is 0. The lowest BCUT2D eigenvalue weighted by atomic mass is 10.2. The first-order valence-electron chi connectivity index (χ1n) is 3.93. The van der Waals surface area contributed by atoms with Crippen molar-refractivity contribution < 1.29 is 13.2 Å². The lowest BCUT2D eigenvalue weighted by Gasteiger charge is -2.06. The maximum Gasteiger partial charge on any atom is 0.261 e. The molecule has 0 aliphatic carbocycles. The van der Waals surface area contributed by atoms with Gasteiger partial charge in [-0.15, -0.1) is 0 Å². The third-order valence-electron chi connectivity index (χ3n) is 1.75. The van der Waals surface area contributed by atoms with Crippen molar-refractivity contribution in [3.63, 3.8) is 0 Å². The van der Waals surface area contributed by atoms with Crippen molar-refractivity contribution in [2.75, 3.05) is 7.05 Å². The zero-order valence-corrected chi connectivity index (χ0v) is 11.8. The number of carbonyl (C=O) groups excluding carboxylic acids is 1. The fourth-order valence-corrected chi connectivity index (χ4v) is 2.60. The molecule has 0 heterocycles.